The predicted octanol–water partition coefficient (Wildman–Crippen LogP) is 4.03. The average Bonchev–Trinajstić information content (AvgIpc) is 3.00. The van der Waals surface area contributed by atoms with Gasteiger partial charge in [0.2, 0.25) is 5.72 Å². The normalized spacial score (nSPS) is 24.2. The number of aliphatic imine (C=N–C) groups is 1. The zero-order chi connectivity index (χ0) is 31.5. The second kappa shape index (κ2) is 13.0. The maximum Gasteiger partial charge on any atom is 0.268 e. The Morgan fingerprint density at radius 3 is 2.27 bits per heavy atom. The molecular weight excluding hydrogens is 582 g/mol. The maximum absolute atomic E-state index is 13.0. The molecule has 0 spiro atoms. The Bertz CT molecular complexity index is 1600. The van der Waals surface area contributed by atoms with Crippen molar-refractivity contribution in [3.05, 3.63) is 107 Å². The van der Waals surface area contributed by atoms with Gasteiger partial charge in [-0.1, -0.05) is 54.6 Å². The Morgan fingerprint density at radius 1 is 0.977 bits per heavy atom. The van der Waals surface area contributed by atoms with Gasteiger partial charge in [0.25, 0.3) is 10.1 Å². The van der Waals surface area contributed by atoms with E-state index in [1.165, 1.54) is 12.1 Å². The van der Waals surface area contributed by atoms with Crippen LogP contribution >= 0.6 is 0 Å². The van der Waals surface area contributed by atoms with Crippen molar-refractivity contribution in [3.8, 4) is 11.5 Å². The van der Waals surface area contributed by atoms with E-state index in [1.54, 1.807) is 24.3 Å². The smallest absolute Gasteiger partial charge is 0.268 e. The number of phenols is 1. The SMILES string of the molecule is NC(N)=N[C@]1(CCCO)Oc2ccc(cc2)CC[C@@H](S(=O)(=O)O)[C@@H]2C=C([C@@H](O)c3ccc(O)cc3)CC[C@@H]2c2ccc1cc2. The molecule has 0 saturated carbocycles. The number of aromatic hydroxyl groups is 1. The summed E-state index contributed by atoms with van der Waals surface area (Å²) in [4.78, 5) is 4.51. The van der Waals surface area contributed by atoms with Gasteiger partial charge in [-0.3, -0.25) is 4.55 Å². The lowest BCUT2D eigenvalue weighted by Gasteiger charge is -2.36. The van der Waals surface area contributed by atoms with E-state index in [2.05, 4.69) is 4.99 Å². The number of aryl methyl sites for hydroxylation is 1. The lowest BCUT2D eigenvalue weighted by molar-refractivity contribution is 0.0576. The third-order valence-electron chi connectivity index (χ3n) is 8.69. The summed E-state index contributed by atoms with van der Waals surface area (Å²) in [7, 11) is -4.49. The highest BCUT2D eigenvalue weighted by molar-refractivity contribution is 7.86. The van der Waals surface area contributed by atoms with Crippen molar-refractivity contribution in [1.82, 2.24) is 0 Å². The van der Waals surface area contributed by atoms with E-state index in [-0.39, 0.29) is 30.7 Å². The van der Waals surface area contributed by atoms with E-state index in [0.717, 1.165) is 11.1 Å². The van der Waals surface area contributed by atoms with Crippen LogP contribution < -0.4 is 16.2 Å². The number of benzene rings is 3. The monoisotopic (exact) mass is 621 g/mol. The van der Waals surface area contributed by atoms with Crippen molar-refractivity contribution in [1.29, 1.82) is 0 Å². The van der Waals surface area contributed by atoms with Crippen LogP contribution in [0.4, 0.5) is 0 Å². The number of hydrogen-bond donors (Lipinski definition) is 6. The molecule has 0 unspecified atom stereocenters. The molecule has 11 heteroatoms. The van der Waals surface area contributed by atoms with Crippen LogP contribution in [0.2, 0.25) is 0 Å². The molecule has 4 bridgehead atoms. The molecule has 3 aromatic rings. The lowest BCUT2D eigenvalue weighted by Crippen LogP contribution is -2.37. The van der Waals surface area contributed by atoms with Gasteiger partial charge >= 0.3 is 0 Å². The molecule has 0 aromatic heterocycles. The number of aliphatic hydroxyl groups is 2. The molecule has 5 atom stereocenters. The molecule has 4 heterocycles. The Labute approximate surface area is 257 Å². The second-order valence-corrected chi connectivity index (χ2v) is 13.2. The molecule has 10 nitrogen and oxygen atoms in total. The fourth-order valence-electron chi connectivity index (χ4n) is 6.50. The molecule has 8 rings (SSSR count). The summed E-state index contributed by atoms with van der Waals surface area (Å²) >= 11 is 0. The van der Waals surface area contributed by atoms with Gasteiger partial charge in [-0.25, -0.2) is 4.99 Å². The van der Waals surface area contributed by atoms with Crippen LogP contribution in [-0.2, 0) is 22.3 Å². The first kappa shape index (κ1) is 31.5. The molecule has 8 N–H and O–H groups in total. The third-order valence-corrected chi connectivity index (χ3v) is 10.0. The highest BCUT2D eigenvalue weighted by Crippen LogP contribution is 2.45. The molecule has 1 aliphatic carbocycles. The van der Waals surface area contributed by atoms with Crippen LogP contribution in [-0.4, -0.2) is 46.1 Å². The molecule has 5 aliphatic rings. The molecule has 3 aromatic carbocycles. The maximum atomic E-state index is 13.0. The topological polar surface area (TPSA) is 189 Å². The molecule has 0 fully saturated rings. The van der Waals surface area contributed by atoms with E-state index in [0.29, 0.717) is 54.6 Å². The van der Waals surface area contributed by atoms with Crippen molar-refractivity contribution >= 4 is 16.1 Å². The molecule has 0 saturated heterocycles. The minimum atomic E-state index is -4.49. The van der Waals surface area contributed by atoms with Crippen molar-refractivity contribution in [3.63, 3.8) is 0 Å². The molecule has 234 valence electrons. The van der Waals surface area contributed by atoms with Crippen LogP contribution in [0.1, 0.15) is 66.4 Å². The Kier molecular flexibility index (Phi) is 9.31. The van der Waals surface area contributed by atoms with Gasteiger partial charge in [0.1, 0.15) is 17.6 Å². The second-order valence-electron chi connectivity index (χ2n) is 11.6. The Morgan fingerprint density at radius 2 is 1.66 bits per heavy atom. The van der Waals surface area contributed by atoms with Crippen LogP contribution in [0, 0.1) is 5.92 Å². The molecular formula is C33H39N3O7S. The molecule has 44 heavy (non-hydrogen) atoms. The molecule has 0 amide bonds. The number of aliphatic hydroxyl groups excluding tert-OH is 2. The minimum Gasteiger partial charge on any atom is -0.508 e. The van der Waals surface area contributed by atoms with Gasteiger partial charge in [-0.15, -0.1) is 0 Å². The zero-order valence-corrected chi connectivity index (χ0v) is 25.1. The van der Waals surface area contributed by atoms with E-state index in [1.807, 2.05) is 42.5 Å². The van der Waals surface area contributed by atoms with Gasteiger partial charge in [0.05, 0.1) is 5.25 Å². The summed E-state index contributed by atoms with van der Waals surface area (Å²) in [6.45, 7) is -0.0897. The van der Waals surface area contributed by atoms with Crippen LogP contribution in [0.5, 0.6) is 11.5 Å². The van der Waals surface area contributed by atoms with Gasteiger partial charge < -0.3 is 31.5 Å². The predicted molar refractivity (Wildman–Crippen MR) is 168 cm³/mol. The number of hydrogen-bond acceptors (Lipinski definition) is 7. The van der Waals surface area contributed by atoms with Gasteiger partial charge in [0, 0.05) is 24.5 Å². The lowest BCUT2D eigenvalue weighted by atomic mass is 9.72. The summed E-state index contributed by atoms with van der Waals surface area (Å²) in [6.07, 6.45) is 3.05. The van der Waals surface area contributed by atoms with E-state index in [4.69, 9.17) is 16.2 Å². The van der Waals surface area contributed by atoms with Crippen molar-refractivity contribution in [2.24, 2.45) is 22.4 Å². The summed E-state index contributed by atoms with van der Waals surface area (Å²) in [6, 6.07) is 20.9. The standard InChI is InChI=1S/C33H39N3O7S/c34-32(35)36-33(18-1-19-37)25-10-5-22(6-11-25)28-16-9-24(31(39)23-7-12-26(38)13-8-23)20-29(28)30(44(40,41)42)17-4-21-2-14-27(43-33)15-3-21/h2-3,5-8,10-15,20,28-31,37-39H,1,4,9,16-19H2,(H4,34,35,36)(H,40,41,42)/t28-,29-,30-,31+,33-/m1/s1. The zero-order valence-electron chi connectivity index (χ0n) is 24.3. The van der Waals surface area contributed by atoms with Gasteiger partial charge in [-0.05, 0) is 84.6 Å². The molecule has 4 aliphatic heterocycles. The quantitative estimate of drug-likeness (QED) is 0.0979. The number of nitrogens with two attached hydrogens (primary N) is 2. The Balaban J connectivity index is 1.64. The van der Waals surface area contributed by atoms with Gasteiger partial charge in [0.15, 0.2) is 5.96 Å². The number of nitrogens with zero attached hydrogens (tertiary/aromatic N) is 1. The van der Waals surface area contributed by atoms with Gasteiger partial charge in [-0.2, -0.15) is 8.42 Å². The fourth-order valence-corrected chi connectivity index (χ4v) is 7.58. The largest absolute Gasteiger partial charge is 0.508 e. The molecule has 0 radical (unpaired) electrons. The number of guanidine groups is 1. The first-order valence-electron chi connectivity index (χ1n) is 14.7. The summed E-state index contributed by atoms with van der Waals surface area (Å²) < 4.78 is 43.0. The summed E-state index contributed by atoms with van der Waals surface area (Å²) in [5.41, 5.74) is 14.0. The minimum absolute atomic E-state index is 0.0778. The summed E-state index contributed by atoms with van der Waals surface area (Å²) in [5.74, 6) is -0.520. The fraction of sp³-hybridized carbons (Fsp3) is 0.364. The number of ether oxygens (including phenoxy) is 1. The van der Waals surface area contributed by atoms with E-state index >= 15 is 0 Å². The highest BCUT2D eigenvalue weighted by Gasteiger charge is 2.40. The first-order valence-corrected chi connectivity index (χ1v) is 16.2. The first-order chi connectivity index (χ1) is 21.0. The highest BCUT2D eigenvalue weighted by atomic mass is 32.2. The van der Waals surface area contributed by atoms with Crippen LogP contribution in [0.3, 0.4) is 0 Å². The third kappa shape index (κ3) is 6.91. The summed E-state index contributed by atoms with van der Waals surface area (Å²) in [5, 5.41) is 29.5. The van der Waals surface area contributed by atoms with Crippen LogP contribution in [0.15, 0.2) is 89.4 Å². The number of rotatable bonds is 7. The van der Waals surface area contributed by atoms with Crippen molar-refractivity contribution in [2.75, 3.05) is 6.61 Å². The van der Waals surface area contributed by atoms with Crippen molar-refractivity contribution < 1.29 is 33.0 Å². The van der Waals surface area contributed by atoms with E-state index < -0.39 is 33.1 Å². The van der Waals surface area contributed by atoms with E-state index in [9.17, 15) is 28.3 Å². The Hall–Kier alpha value is -3.90. The van der Waals surface area contributed by atoms with Crippen LogP contribution in [0.25, 0.3) is 0 Å². The average molecular weight is 622 g/mol. The van der Waals surface area contributed by atoms with Crippen molar-refractivity contribution in [2.45, 2.75) is 61.5 Å². The number of phenolic OH excluding ortho intramolecular Hbond substituents is 1. The number of allylic oxidation sites excluding steroid dienone is 1.